The lowest BCUT2D eigenvalue weighted by Crippen LogP contribution is -2.12. The predicted molar refractivity (Wildman–Crippen MR) is 151 cm³/mol. The summed E-state index contributed by atoms with van der Waals surface area (Å²) in [6, 6.07) is 33.0. The van der Waals surface area contributed by atoms with Gasteiger partial charge in [-0.15, -0.1) is 0 Å². The van der Waals surface area contributed by atoms with E-state index < -0.39 is 0 Å². The number of benzene rings is 4. The number of halogens is 2. The third kappa shape index (κ3) is 3.41. The molecule has 0 unspecified atom stereocenters. The van der Waals surface area contributed by atoms with E-state index in [1.807, 2.05) is 48.5 Å². The Morgan fingerprint density at radius 2 is 0.917 bits per heavy atom. The number of nitrogens with zero attached hydrogens (tertiary/aromatic N) is 2. The number of fused-ring (bicyclic) bond motifs is 5. The molecule has 0 atom stereocenters. The van der Waals surface area contributed by atoms with Crippen molar-refractivity contribution >= 4 is 45.0 Å². The molecule has 1 aliphatic rings. The van der Waals surface area contributed by atoms with Crippen LogP contribution >= 0.6 is 23.2 Å². The summed E-state index contributed by atoms with van der Waals surface area (Å²) < 4.78 is 0. The smallest absolute Gasteiger partial charge is 0.0935 e. The van der Waals surface area contributed by atoms with Crippen molar-refractivity contribution in [3.05, 3.63) is 118 Å². The van der Waals surface area contributed by atoms with Gasteiger partial charge in [-0.1, -0.05) is 83.9 Å². The van der Waals surface area contributed by atoms with Gasteiger partial charge in [0.25, 0.3) is 0 Å². The molecule has 0 N–H and O–H groups in total. The van der Waals surface area contributed by atoms with Gasteiger partial charge < -0.3 is 0 Å². The zero-order valence-corrected chi connectivity index (χ0v) is 20.8. The van der Waals surface area contributed by atoms with Crippen LogP contribution in [0.15, 0.2) is 97.1 Å². The van der Waals surface area contributed by atoms with Crippen LogP contribution in [0.4, 0.5) is 0 Å². The molecule has 0 radical (unpaired) electrons. The zero-order valence-electron chi connectivity index (χ0n) is 19.3. The molecular formula is C32H20Cl2N2. The topological polar surface area (TPSA) is 25.8 Å². The fraction of sp³-hybridized carbons (Fsp3) is 0.0625. The monoisotopic (exact) mass is 502 g/mol. The van der Waals surface area contributed by atoms with Gasteiger partial charge >= 0.3 is 0 Å². The minimum Gasteiger partial charge on any atom is -0.246 e. The number of pyridine rings is 2. The van der Waals surface area contributed by atoms with Crippen molar-refractivity contribution in [1.29, 1.82) is 0 Å². The van der Waals surface area contributed by atoms with Crippen LogP contribution in [-0.2, 0) is 12.8 Å². The lowest BCUT2D eigenvalue weighted by Gasteiger charge is -2.26. The summed E-state index contributed by atoms with van der Waals surface area (Å²) in [6.45, 7) is 0. The van der Waals surface area contributed by atoms with Crippen molar-refractivity contribution in [2.45, 2.75) is 12.8 Å². The average molecular weight is 503 g/mol. The van der Waals surface area contributed by atoms with Gasteiger partial charge in [-0.05, 0) is 82.6 Å². The van der Waals surface area contributed by atoms with E-state index in [-0.39, 0.29) is 0 Å². The molecule has 172 valence electrons. The molecule has 0 amide bonds. The molecule has 0 saturated heterocycles. The average Bonchev–Trinajstić information content (AvgIpc) is 2.91. The maximum absolute atomic E-state index is 6.46. The van der Waals surface area contributed by atoms with Gasteiger partial charge in [0, 0.05) is 20.8 Å². The van der Waals surface area contributed by atoms with E-state index in [4.69, 9.17) is 33.2 Å². The number of hydrogen-bond acceptors (Lipinski definition) is 2. The van der Waals surface area contributed by atoms with Gasteiger partial charge in [0.15, 0.2) is 0 Å². The first-order chi connectivity index (χ1) is 17.7. The van der Waals surface area contributed by atoms with Gasteiger partial charge in [-0.2, -0.15) is 0 Å². The van der Waals surface area contributed by atoms with Crippen LogP contribution in [0, 0.1) is 0 Å². The fourth-order valence-corrected chi connectivity index (χ4v) is 5.89. The van der Waals surface area contributed by atoms with Crippen LogP contribution in [0.25, 0.3) is 55.4 Å². The maximum atomic E-state index is 6.46. The summed E-state index contributed by atoms with van der Waals surface area (Å²) in [5.41, 5.74) is 10.9. The van der Waals surface area contributed by atoms with Crippen LogP contribution in [0.5, 0.6) is 0 Å². The molecule has 0 spiro atoms. The maximum Gasteiger partial charge on any atom is 0.0935 e. The molecule has 2 aromatic heterocycles. The standard InChI is InChI=1S/C32H20Cl2N2/c33-21-11-15-27-25(17-21)29(19-7-3-1-4-8-19)23-13-14-24-30(20-9-5-2-6-10-20)26-18-22(34)12-16-28(26)36-32(24)31(23)35-27/h1-12,15-18H,13-14H2. The Kier molecular flexibility index (Phi) is 5.06. The first kappa shape index (κ1) is 21.6. The van der Waals surface area contributed by atoms with Crippen LogP contribution in [0.3, 0.4) is 0 Å². The van der Waals surface area contributed by atoms with E-state index in [2.05, 4.69) is 48.5 Å². The largest absolute Gasteiger partial charge is 0.246 e. The Hall–Kier alpha value is -3.72. The van der Waals surface area contributed by atoms with E-state index >= 15 is 0 Å². The van der Waals surface area contributed by atoms with E-state index in [0.29, 0.717) is 10.0 Å². The molecular weight excluding hydrogens is 483 g/mol. The van der Waals surface area contributed by atoms with E-state index in [1.54, 1.807) is 0 Å². The van der Waals surface area contributed by atoms with Gasteiger partial charge in [0.05, 0.1) is 22.4 Å². The number of rotatable bonds is 2. The summed E-state index contributed by atoms with van der Waals surface area (Å²) in [4.78, 5) is 10.4. The Balaban J connectivity index is 1.61. The van der Waals surface area contributed by atoms with Crippen LogP contribution < -0.4 is 0 Å². The second-order valence-corrected chi connectivity index (χ2v) is 10.1. The fourth-order valence-electron chi connectivity index (χ4n) is 5.55. The molecule has 0 fully saturated rings. The molecule has 2 heterocycles. The van der Waals surface area contributed by atoms with Gasteiger partial charge in [0.1, 0.15) is 0 Å². The Morgan fingerprint density at radius 1 is 0.500 bits per heavy atom. The second-order valence-electron chi connectivity index (χ2n) is 9.18. The molecule has 36 heavy (non-hydrogen) atoms. The molecule has 1 aliphatic carbocycles. The van der Waals surface area contributed by atoms with Crippen LogP contribution in [0.2, 0.25) is 10.0 Å². The van der Waals surface area contributed by atoms with Crippen molar-refractivity contribution in [2.75, 3.05) is 0 Å². The van der Waals surface area contributed by atoms with Gasteiger partial charge in [-0.25, -0.2) is 9.97 Å². The quantitative estimate of drug-likeness (QED) is 0.235. The van der Waals surface area contributed by atoms with Gasteiger partial charge in [0.2, 0.25) is 0 Å². The molecule has 4 heteroatoms. The van der Waals surface area contributed by atoms with Crippen molar-refractivity contribution in [3.63, 3.8) is 0 Å². The summed E-state index contributed by atoms with van der Waals surface area (Å²) in [5.74, 6) is 0. The highest BCUT2D eigenvalue weighted by Gasteiger charge is 2.28. The molecule has 0 saturated carbocycles. The minimum absolute atomic E-state index is 0.713. The Morgan fingerprint density at radius 3 is 1.33 bits per heavy atom. The normalized spacial score (nSPS) is 12.5. The molecule has 4 aromatic carbocycles. The van der Waals surface area contributed by atoms with Crippen molar-refractivity contribution in [2.24, 2.45) is 0 Å². The SMILES string of the molecule is Clc1ccc2nc3c(c(-c4ccccc4)c2c1)CCc1c-3nc2ccc(Cl)cc2c1-c1ccccc1. The van der Waals surface area contributed by atoms with Crippen LogP contribution in [0.1, 0.15) is 11.1 Å². The van der Waals surface area contributed by atoms with Crippen molar-refractivity contribution in [3.8, 4) is 33.6 Å². The van der Waals surface area contributed by atoms with E-state index in [0.717, 1.165) is 46.0 Å². The second kappa shape index (κ2) is 8.44. The Bertz CT molecular complexity index is 1660. The van der Waals surface area contributed by atoms with Gasteiger partial charge in [-0.3, -0.25) is 0 Å². The molecule has 7 rings (SSSR count). The number of aromatic nitrogens is 2. The molecule has 2 nitrogen and oxygen atoms in total. The molecule has 0 bridgehead atoms. The highest BCUT2D eigenvalue weighted by atomic mass is 35.5. The summed E-state index contributed by atoms with van der Waals surface area (Å²) in [6.07, 6.45) is 1.74. The first-order valence-corrected chi connectivity index (χ1v) is 12.8. The summed E-state index contributed by atoms with van der Waals surface area (Å²) in [7, 11) is 0. The zero-order chi connectivity index (χ0) is 24.2. The van der Waals surface area contributed by atoms with E-state index in [9.17, 15) is 0 Å². The Labute approximate surface area is 219 Å². The lowest BCUT2D eigenvalue weighted by molar-refractivity contribution is 0.926. The minimum atomic E-state index is 0.713. The lowest BCUT2D eigenvalue weighted by atomic mass is 9.82. The summed E-state index contributed by atoms with van der Waals surface area (Å²) in [5, 5.41) is 3.58. The van der Waals surface area contributed by atoms with Crippen molar-refractivity contribution in [1.82, 2.24) is 9.97 Å². The predicted octanol–water partition coefficient (Wildman–Crippen LogP) is 9.19. The van der Waals surface area contributed by atoms with Crippen molar-refractivity contribution < 1.29 is 0 Å². The summed E-state index contributed by atoms with van der Waals surface area (Å²) >= 11 is 12.9. The highest BCUT2D eigenvalue weighted by molar-refractivity contribution is 6.32. The van der Waals surface area contributed by atoms with E-state index in [1.165, 1.54) is 33.4 Å². The molecule has 6 aromatic rings. The third-order valence-electron chi connectivity index (χ3n) is 7.07. The molecule has 0 aliphatic heterocycles. The van der Waals surface area contributed by atoms with Crippen LogP contribution in [-0.4, -0.2) is 9.97 Å². The number of hydrogen-bond donors (Lipinski definition) is 0. The highest BCUT2D eigenvalue weighted by Crippen LogP contribution is 2.45. The first-order valence-electron chi connectivity index (χ1n) is 12.0. The third-order valence-corrected chi connectivity index (χ3v) is 7.54.